The van der Waals surface area contributed by atoms with Crippen LogP contribution in [0.15, 0.2) is 29.3 Å². The molecule has 1 aromatic carbocycles. The van der Waals surface area contributed by atoms with Crippen LogP contribution >= 0.6 is 24.0 Å². The van der Waals surface area contributed by atoms with Crippen LogP contribution in [0.1, 0.15) is 31.7 Å². The van der Waals surface area contributed by atoms with Gasteiger partial charge in [0.15, 0.2) is 5.96 Å². The van der Waals surface area contributed by atoms with Gasteiger partial charge in [-0.2, -0.15) is 0 Å². The summed E-state index contributed by atoms with van der Waals surface area (Å²) >= 11 is 0. The van der Waals surface area contributed by atoms with Gasteiger partial charge in [-0.15, -0.1) is 24.0 Å². The Morgan fingerprint density at radius 1 is 1.23 bits per heavy atom. The van der Waals surface area contributed by atoms with Crippen LogP contribution in [0.2, 0.25) is 0 Å². The molecule has 1 N–H and O–H groups in total. The van der Waals surface area contributed by atoms with Crippen molar-refractivity contribution < 1.29 is 9.47 Å². The van der Waals surface area contributed by atoms with E-state index in [1.165, 1.54) is 18.4 Å². The number of nitrogens with one attached hydrogen (secondary N) is 1. The number of halogens is 1. The number of rotatable bonds is 10. The molecular formula is C20H34IN3O2. The molecule has 6 heteroatoms. The first-order valence-corrected chi connectivity index (χ1v) is 9.27. The zero-order valence-corrected chi connectivity index (χ0v) is 18.9. The molecule has 5 nitrogen and oxygen atoms in total. The summed E-state index contributed by atoms with van der Waals surface area (Å²) in [6.45, 7) is 8.18. The summed E-state index contributed by atoms with van der Waals surface area (Å²) in [7, 11) is 3.88. The number of likely N-dealkylation sites (N-methyl/N-ethyl adjacent to an activating group) is 1. The number of benzene rings is 1. The van der Waals surface area contributed by atoms with Crippen molar-refractivity contribution in [2.45, 2.75) is 33.1 Å². The van der Waals surface area contributed by atoms with Crippen LogP contribution in [0.4, 0.5) is 0 Å². The molecule has 0 radical (unpaired) electrons. The third-order valence-electron chi connectivity index (χ3n) is 4.85. The minimum Gasteiger partial charge on any atom is -0.492 e. The molecule has 1 aliphatic rings. The molecule has 0 aromatic heterocycles. The van der Waals surface area contributed by atoms with E-state index < -0.39 is 0 Å². The smallest absolute Gasteiger partial charge is 0.193 e. The maximum absolute atomic E-state index is 5.81. The average Bonchev–Trinajstić information content (AvgIpc) is 3.37. The summed E-state index contributed by atoms with van der Waals surface area (Å²) in [4.78, 5) is 6.52. The standard InChI is InChI=1S/C20H33N3O2.HI/c1-5-24-14-12-20(10-11-20)16-22-19(21-3)23(4)13-15-25-18-8-6-17(2)7-9-18;/h6-9H,5,10-16H2,1-4H3,(H,21,22);1H. The average molecular weight is 475 g/mol. The number of hydrogen-bond donors (Lipinski definition) is 1. The maximum Gasteiger partial charge on any atom is 0.193 e. The molecule has 0 heterocycles. The van der Waals surface area contributed by atoms with Gasteiger partial charge in [-0.05, 0) is 50.7 Å². The highest BCUT2D eigenvalue weighted by Gasteiger charge is 2.42. The second kappa shape index (κ2) is 11.6. The van der Waals surface area contributed by atoms with Crippen LogP contribution < -0.4 is 10.1 Å². The summed E-state index contributed by atoms with van der Waals surface area (Å²) in [5.41, 5.74) is 1.65. The minimum atomic E-state index is 0. The molecule has 1 aliphatic carbocycles. The predicted octanol–water partition coefficient (Wildman–Crippen LogP) is 3.71. The summed E-state index contributed by atoms with van der Waals surface area (Å²) < 4.78 is 11.3. The molecule has 0 atom stereocenters. The Morgan fingerprint density at radius 3 is 2.50 bits per heavy atom. The molecular weight excluding hydrogens is 441 g/mol. The Kier molecular flexibility index (Phi) is 10.3. The lowest BCUT2D eigenvalue weighted by Gasteiger charge is -2.24. The van der Waals surface area contributed by atoms with Crippen molar-refractivity contribution in [3.63, 3.8) is 0 Å². The third-order valence-corrected chi connectivity index (χ3v) is 4.85. The lowest BCUT2D eigenvalue weighted by Crippen LogP contribution is -2.43. The van der Waals surface area contributed by atoms with Gasteiger partial charge in [-0.1, -0.05) is 17.7 Å². The molecule has 0 aliphatic heterocycles. The first-order chi connectivity index (χ1) is 12.1. The second-order valence-corrected chi connectivity index (χ2v) is 6.93. The Hall–Kier alpha value is -1.02. The van der Waals surface area contributed by atoms with E-state index in [9.17, 15) is 0 Å². The second-order valence-electron chi connectivity index (χ2n) is 6.93. The Morgan fingerprint density at radius 2 is 1.92 bits per heavy atom. The topological polar surface area (TPSA) is 46.1 Å². The van der Waals surface area contributed by atoms with Crippen molar-refractivity contribution in [2.75, 3.05) is 47.0 Å². The van der Waals surface area contributed by atoms with Gasteiger partial charge >= 0.3 is 0 Å². The zero-order chi connectivity index (χ0) is 18.1. The van der Waals surface area contributed by atoms with E-state index in [0.717, 1.165) is 44.4 Å². The van der Waals surface area contributed by atoms with Crippen molar-refractivity contribution >= 4 is 29.9 Å². The van der Waals surface area contributed by atoms with Crippen LogP contribution in [0.25, 0.3) is 0 Å². The monoisotopic (exact) mass is 475 g/mol. The summed E-state index contributed by atoms with van der Waals surface area (Å²) in [5.74, 6) is 1.84. The molecule has 148 valence electrons. The summed E-state index contributed by atoms with van der Waals surface area (Å²) in [5, 5.41) is 3.52. The van der Waals surface area contributed by atoms with Crippen LogP contribution in [0.5, 0.6) is 5.75 Å². The number of aliphatic imine (C=N–C) groups is 1. The quantitative estimate of drug-likeness (QED) is 0.243. The molecule has 1 aromatic rings. The highest BCUT2D eigenvalue weighted by Crippen LogP contribution is 2.48. The van der Waals surface area contributed by atoms with E-state index in [0.29, 0.717) is 12.0 Å². The highest BCUT2D eigenvalue weighted by atomic mass is 127. The van der Waals surface area contributed by atoms with E-state index >= 15 is 0 Å². The highest BCUT2D eigenvalue weighted by molar-refractivity contribution is 14.0. The van der Waals surface area contributed by atoms with Gasteiger partial charge in [0.05, 0.1) is 6.54 Å². The lowest BCUT2D eigenvalue weighted by molar-refractivity contribution is 0.128. The van der Waals surface area contributed by atoms with E-state index in [1.54, 1.807) is 0 Å². The van der Waals surface area contributed by atoms with Crippen molar-refractivity contribution in [1.29, 1.82) is 0 Å². The van der Waals surface area contributed by atoms with E-state index in [4.69, 9.17) is 9.47 Å². The Bertz CT molecular complexity index is 544. The number of guanidine groups is 1. The normalized spacial score (nSPS) is 15.2. The summed E-state index contributed by atoms with van der Waals surface area (Å²) in [6.07, 6.45) is 3.69. The Labute approximate surface area is 175 Å². The fourth-order valence-electron chi connectivity index (χ4n) is 2.82. The first kappa shape index (κ1) is 23.0. The van der Waals surface area contributed by atoms with Crippen LogP contribution in [0.3, 0.4) is 0 Å². The molecule has 1 saturated carbocycles. The molecule has 0 amide bonds. The van der Waals surface area contributed by atoms with Crippen molar-refractivity contribution in [3.05, 3.63) is 29.8 Å². The fourth-order valence-corrected chi connectivity index (χ4v) is 2.82. The van der Waals surface area contributed by atoms with Crippen molar-refractivity contribution in [3.8, 4) is 5.75 Å². The molecule has 0 bridgehead atoms. The van der Waals surface area contributed by atoms with Crippen LogP contribution in [-0.2, 0) is 4.74 Å². The fraction of sp³-hybridized carbons (Fsp3) is 0.650. The SMILES string of the molecule is CCOCCC1(CNC(=NC)N(C)CCOc2ccc(C)cc2)CC1.I. The van der Waals surface area contributed by atoms with Crippen LogP contribution in [-0.4, -0.2) is 57.9 Å². The lowest BCUT2D eigenvalue weighted by atomic mass is 10.0. The molecule has 0 saturated heterocycles. The van der Waals surface area contributed by atoms with Crippen molar-refractivity contribution in [1.82, 2.24) is 10.2 Å². The number of hydrogen-bond acceptors (Lipinski definition) is 3. The van der Waals surface area contributed by atoms with Crippen molar-refractivity contribution in [2.24, 2.45) is 10.4 Å². The largest absolute Gasteiger partial charge is 0.492 e. The van der Waals surface area contributed by atoms with Gasteiger partial charge in [-0.3, -0.25) is 4.99 Å². The zero-order valence-electron chi connectivity index (χ0n) is 16.6. The molecule has 2 rings (SSSR count). The molecule has 1 fully saturated rings. The Balaban J connectivity index is 0.00000338. The van der Waals surface area contributed by atoms with Gasteiger partial charge in [0, 0.05) is 33.9 Å². The van der Waals surface area contributed by atoms with E-state index in [2.05, 4.69) is 34.3 Å². The predicted molar refractivity (Wildman–Crippen MR) is 119 cm³/mol. The van der Waals surface area contributed by atoms with E-state index in [1.807, 2.05) is 33.2 Å². The van der Waals surface area contributed by atoms with Crippen LogP contribution in [0, 0.1) is 12.3 Å². The van der Waals surface area contributed by atoms with Gasteiger partial charge in [0.2, 0.25) is 0 Å². The maximum atomic E-state index is 5.81. The van der Waals surface area contributed by atoms with Gasteiger partial charge in [0.1, 0.15) is 12.4 Å². The third kappa shape index (κ3) is 7.70. The van der Waals surface area contributed by atoms with E-state index in [-0.39, 0.29) is 24.0 Å². The molecule has 0 spiro atoms. The number of nitrogens with zero attached hydrogens (tertiary/aromatic N) is 2. The molecule has 26 heavy (non-hydrogen) atoms. The first-order valence-electron chi connectivity index (χ1n) is 9.27. The minimum absolute atomic E-state index is 0. The summed E-state index contributed by atoms with van der Waals surface area (Å²) in [6, 6.07) is 8.16. The number of ether oxygens (including phenoxy) is 2. The van der Waals surface area contributed by atoms with Gasteiger partial charge < -0.3 is 19.7 Å². The number of aryl methyl sites for hydroxylation is 1. The van der Waals surface area contributed by atoms with Gasteiger partial charge in [0.25, 0.3) is 0 Å². The molecule has 0 unspecified atom stereocenters. The van der Waals surface area contributed by atoms with Gasteiger partial charge in [-0.25, -0.2) is 0 Å².